The number of methoxy groups -OCH3 is 2. The Labute approximate surface area is 196 Å². The number of amides is 1. The molecule has 11 nitrogen and oxygen atoms in total. The van der Waals surface area contributed by atoms with Crippen molar-refractivity contribution in [2.45, 2.75) is 26.7 Å². The van der Waals surface area contributed by atoms with Crippen LogP contribution in [0.25, 0.3) is 17.0 Å². The first-order valence-corrected chi connectivity index (χ1v) is 10.8. The van der Waals surface area contributed by atoms with Crippen LogP contribution in [0.15, 0.2) is 34.9 Å². The van der Waals surface area contributed by atoms with Gasteiger partial charge in [0, 0.05) is 23.6 Å². The summed E-state index contributed by atoms with van der Waals surface area (Å²) in [5.41, 5.74) is 3.13. The number of rotatable bonds is 10. The summed E-state index contributed by atoms with van der Waals surface area (Å²) in [5.74, 6) is 2.80. The van der Waals surface area contributed by atoms with Crippen molar-refractivity contribution in [3.8, 4) is 28.8 Å². The molecule has 0 fully saturated rings. The van der Waals surface area contributed by atoms with E-state index in [1.165, 1.54) is 0 Å². The molecule has 0 bridgehead atoms. The Morgan fingerprint density at radius 3 is 2.65 bits per heavy atom. The van der Waals surface area contributed by atoms with Gasteiger partial charge in [0.25, 0.3) is 0 Å². The summed E-state index contributed by atoms with van der Waals surface area (Å²) in [6, 6.07) is 8.93. The molecule has 4 rings (SSSR count). The molecular formula is C23H26N6O5. The first-order valence-electron chi connectivity index (χ1n) is 10.8. The summed E-state index contributed by atoms with van der Waals surface area (Å²) in [7, 11) is 3.15. The largest absolute Gasteiger partial charge is 0.493 e. The second-order valence-corrected chi connectivity index (χ2v) is 7.54. The van der Waals surface area contributed by atoms with Gasteiger partial charge in [-0.05, 0) is 44.5 Å². The van der Waals surface area contributed by atoms with E-state index in [0.29, 0.717) is 48.2 Å². The van der Waals surface area contributed by atoms with Crippen LogP contribution in [0.4, 0.5) is 0 Å². The number of hydrogen-bond donors (Lipinski definition) is 1. The molecule has 0 aliphatic heterocycles. The molecule has 0 saturated carbocycles. The number of nitrogens with zero attached hydrogens (tertiary/aromatic N) is 5. The minimum atomic E-state index is -0.0680. The summed E-state index contributed by atoms with van der Waals surface area (Å²) in [6.45, 7) is 4.33. The summed E-state index contributed by atoms with van der Waals surface area (Å²) >= 11 is 0. The average molecular weight is 466 g/mol. The maximum absolute atomic E-state index is 12.1. The lowest BCUT2D eigenvalue weighted by Gasteiger charge is -2.09. The average Bonchev–Trinajstić information content (AvgIpc) is 3.42. The standard InChI is InChI=1S/C23H26N6O5/c1-14-17(15(2)34-28-14)6-9-21(30)24-11-12-33-22-10-8-20-25-26-23(29(20)27-22)16-5-7-18(31-3)19(13-16)32-4/h5,7-8,10,13H,6,9,11-12H2,1-4H3,(H,24,30). The van der Waals surface area contributed by atoms with Gasteiger partial charge in [0.05, 0.1) is 26.5 Å². The molecule has 3 heterocycles. The zero-order valence-electron chi connectivity index (χ0n) is 19.5. The molecule has 178 valence electrons. The van der Waals surface area contributed by atoms with Gasteiger partial charge in [-0.15, -0.1) is 15.3 Å². The highest BCUT2D eigenvalue weighted by atomic mass is 16.5. The molecule has 1 N–H and O–H groups in total. The summed E-state index contributed by atoms with van der Waals surface area (Å²) in [6.07, 6.45) is 0.932. The number of aryl methyl sites for hydroxylation is 2. The molecule has 0 atom stereocenters. The lowest BCUT2D eigenvalue weighted by atomic mass is 10.1. The summed E-state index contributed by atoms with van der Waals surface area (Å²) < 4.78 is 23.1. The van der Waals surface area contributed by atoms with Crippen molar-refractivity contribution in [1.29, 1.82) is 0 Å². The predicted molar refractivity (Wildman–Crippen MR) is 122 cm³/mol. The Kier molecular flexibility index (Phi) is 6.90. The molecule has 1 amide bonds. The van der Waals surface area contributed by atoms with Crippen LogP contribution in [0.2, 0.25) is 0 Å². The Morgan fingerprint density at radius 1 is 1.09 bits per heavy atom. The third-order valence-electron chi connectivity index (χ3n) is 5.34. The number of aromatic nitrogens is 5. The lowest BCUT2D eigenvalue weighted by molar-refractivity contribution is -0.121. The molecule has 0 saturated heterocycles. The highest BCUT2D eigenvalue weighted by molar-refractivity contribution is 5.76. The zero-order chi connectivity index (χ0) is 24.1. The second kappa shape index (κ2) is 10.2. The molecule has 3 aromatic heterocycles. The van der Waals surface area contributed by atoms with Gasteiger partial charge in [0.2, 0.25) is 11.8 Å². The van der Waals surface area contributed by atoms with Crippen LogP contribution in [0.5, 0.6) is 17.4 Å². The Hall–Kier alpha value is -4.15. The van der Waals surface area contributed by atoms with Gasteiger partial charge in [-0.25, -0.2) is 0 Å². The highest BCUT2D eigenvalue weighted by Gasteiger charge is 2.14. The Bertz CT molecular complexity index is 1280. The van der Waals surface area contributed by atoms with E-state index in [1.54, 1.807) is 36.9 Å². The summed E-state index contributed by atoms with van der Waals surface area (Å²) in [5, 5.41) is 19.6. The van der Waals surface area contributed by atoms with Crippen LogP contribution < -0.4 is 19.5 Å². The van der Waals surface area contributed by atoms with Crippen molar-refractivity contribution in [2.75, 3.05) is 27.4 Å². The van der Waals surface area contributed by atoms with E-state index in [1.807, 2.05) is 26.0 Å². The topological polar surface area (TPSA) is 126 Å². The first kappa shape index (κ1) is 23.0. The number of fused-ring (bicyclic) bond motifs is 1. The number of ether oxygens (including phenoxy) is 3. The van der Waals surface area contributed by atoms with Crippen LogP contribution in [0, 0.1) is 13.8 Å². The fraction of sp³-hybridized carbons (Fsp3) is 0.348. The molecule has 4 aromatic rings. The van der Waals surface area contributed by atoms with E-state index in [-0.39, 0.29) is 12.5 Å². The maximum Gasteiger partial charge on any atom is 0.231 e. The van der Waals surface area contributed by atoms with E-state index < -0.39 is 0 Å². The number of carbonyl (C=O) groups excluding carboxylic acids is 1. The van der Waals surface area contributed by atoms with Crippen LogP contribution in [0.1, 0.15) is 23.4 Å². The Morgan fingerprint density at radius 2 is 1.91 bits per heavy atom. The molecule has 0 radical (unpaired) electrons. The van der Waals surface area contributed by atoms with Crippen molar-refractivity contribution in [2.24, 2.45) is 0 Å². The molecule has 0 unspecified atom stereocenters. The molecule has 0 aliphatic rings. The van der Waals surface area contributed by atoms with Gasteiger partial charge < -0.3 is 24.1 Å². The van der Waals surface area contributed by atoms with E-state index in [2.05, 4.69) is 25.8 Å². The molecule has 0 spiro atoms. The highest BCUT2D eigenvalue weighted by Crippen LogP contribution is 2.31. The van der Waals surface area contributed by atoms with Gasteiger partial charge >= 0.3 is 0 Å². The zero-order valence-corrected chi connectivity index (χ0v) is 19.5. The van der Waals surface area contributed by atoms with E-state index in [9.17, 15) is 4.79 Å². The quantitative estimate of drug-likeness (QED) is 0.351. The third-order valence-corrected chi connectivity index (χ3v) is 5.34. The smallest absolute Gasteiger partial charge is 0.231 e. The molecule has 1 aromatic carbocycles. The molecule has 0 aliphatic carbocycles. The third kappa shape index (κ3) is 4.92. The van der Waals surface area contributed by atoms with Crippen LogP contribution in [-0.2, 0) is 11.2 Å². The number of hydrogen-bond acceptors (Lipinski definition) is 9. The number of carbonyl (C=O) groups is 1. The Balaban J connectivity index is 1.35. The van der Waals surface area contributed by atoms with Gasteiger partial charge in [0.15, 0.2) is 23.0 Å². The van der Waals surface area contributed by atoms with Gasteiger partial charge in [-0.1, -0.05) is 5.16 Å². The lowest BCUT2D eigenvalue weighted by Crippen LogP contribution is -2.28. The van der Waals surface area contributed by atoms with Crippen LogP contribution in [-0.4, -0.2) is 58.2 Å². The molecular weight excluding hydrogens is 440 g/mol. The molecule has 34 heavy (non-hydrogen) atoms. The minimum Gasteiger partial charge on any atom is -0.493 e. The van der Waals surface area contributed by atoms with Crippen molar-refractivity contribution in [3.05, 3.63) is 47.3 Å². The second-order valence-electron chi connectivity index (χ2n) is 7.54. The number of nitrogens with one attached hydrogen (secondary N) is 1. The fourth-order valence-electron chi connectivity index (χ4n) is 3.54. The van der Waals surface area contributed by atoms with E-state index >= 15 is 0 Å². The van der Waals surface area contributed by atoms with E-state index in [4.69, 9.17) is 18.7 Å². The SMILES string of the molecule is COc1ccc(-c2nnc3ccc(OCCNC(=O)CCc4c(C)noc4C)nn23)cc1OC. The van der Waals surface area contributed by atoms with Crippen LogP contribution in [0.3, 0.4) is 0 Å². The summed E-state index contributed by atoms with van der Waals surface area (Å²) in [4.78, 5) is 12.1. The van der Waals surface area contributed by atoms with Crippen molar-refractivity contribution >= 4 is 11.6 Å². The number of benzene rings is 1. The normalized spacial score (nSPS) is 10.9. The predicted octanol–water partition coefficient (Wildman–Crippen LogP) is 2.54. The first-order chi connectivity index (χ1) is 16.5. The van der Waals surface area contributed by atoms with Crippen LogP contribution >= 0.6 is 0 Å². The minimum absolute atomic E-state index is 0.0680. The van der Waals surface area contributed by atoms with Crippen molar-refractivity contribution < 1.29 is 23.5 Å². The monoisotopic (exact) mass is 466 g/mol. The van der Waals surface area contributed by atoms with Crippen molar-refractivity contribution in [1.82, 2.24) is 30.3 Å². The fourth-order valence-corrected chi connectivity index (χ4v) is 3.54. The molecule has 11 heteroatoms. The van der Waals surface area contributed by atoms with Crippen molar-refractivity contribution in [3.63, 3.8) is 0 Å². The van der Waals surface area contributed by atoms with E-state index in [0.717, 1.165) is 22.6 Å². The maximum atomic E-state index is 12.1. The van der Waals surface area contributed by atoms with Gasteiger partial charge in [0.1, 0.15) is 12.4 Å². The van der Waals surface area contributed by atoms with Gasteiger partial charge in [-0.3, -0.25) is 4.79 Å². The van der Waals surface area contributed by atoms with Gasteiger partial charge in [-0.2, -0.15) is 4.52 Å².